The van der Waals surface area contributed by atoms with Crippen molar-refractivity contribution < 1.29 is 9.84 Å². The van der Waals surface area contributed by atoms with E-state index >= 15 is 0 Å². The minimum atomic E-state index is -0.0714. The Bertz CT molecular complexity index is 661. The fourth-order valence-electron chi connectivity index (χ4n) is 3.00. The number of aliphatic hydroxyl groups excluding tert-OH is 1. The van der Waals surface area contributed by atoms with Gasteiger partial charge in [-0.2, -0.15) is 0 Å². The van der Waals surface area contributed by atoms with Crippen molar-refractivity contribution in [2.24, 2.45) is 5.41 Å². The minimum absolute atomic E-state index is 0.0714. The van der Waals surface area contributed by atoms with Crippen LogP contribution in [0.25, 0.3) is 10.2 Å². The maximum atomic E-state index is 9.56. The minimum Gasteiger partial charge on any atom is -0.396 e. The van der Waals surface area contributed by atoms with Gasteiger partial charge in [-0.15, -0.1) is 23.1 Å². The van der Waals surface area contributed by atoms with E-state index in [1.165, 1.54) is 35.1 Å². The van der Waals surface area contributed by atoms with E-state index in [1.54, 1.807) is 18.1 Å². The first-order valence-corrected chi connectivity index (χ1v) is 9.18. The third kappa shape index (κ3) is 2.38. The van der Waals surface area contributed by atoms with Crippen LogP contribution in [0.5, 0.6) is 0 Å². The molecule has 1 aliphatic carbocycles. The van der Waals surface area contributed by atoms with Crippen molar-refractivity contribution in [2.75, 3.05) is 25.6 Å². The molecule has 1 aliphatic heterocycles. The van der Waals surface area contributed by atoms with Gasteiger partial charge in [0.1, 0.15) is 16.2 Å². The molecule has 0 unspecified atom stereocenters. The summed E-state index contributed by atoms with van der Waals surface area (Å²) >= 11 is 3.58. The van der Waals surface area contributed by atoms with Crippen molar-refractivity contribution in [2.45, 2.75) is 30.7 Å². The van der Waals surface area contributed by atoms with Crippen LogP contribution in [0, 0.1) is 5.41 Å². The van der Waals surface area contributed by atoms with Crippen LogP contribution in [-0.4, -0.2) is 40.6 Å². The van der Waals surface area contributed by atoms with Crippen molar-refractivity contribution in [3.63, 3.8) is 0 Å². The molecule has 4 nitrogen and oxygen atoms in total. The quantitative estimate of drug-likeness (QED) is 0.693. The van der Waals surface area contributed by atoms with Crippen LogP contribution in [0.3, 0.4) is 0 Å². The van der Waals surface area contributed by atoms with Crippen LogP contribution in [0.1, 0.15) is 23.3 Å². The first kappa shape index (κ1) is 13.9. The van der Waals surface area contributed by atoms with Crippen molar-refractivity contribution in [1.29, 1.82) is 0 Å². The summed E-state index contributed by atoms with van der Waals surface area (Å²) in [4.78, 5) is 11.6. The van der Waals surface area contributed by atoms with Gasteiger partial charge >= 0.3 is 0 Å². The lowest BCUT2D eigenvalue weighted by atomic mass is 9.90. The van der Waals surface area contributed by atoms with E-state index < -0.39 is 0 Å². The van der Waals surface area contributed by atoms with E-state index in [0.29, 0.717) is 13.2 Å². The topological polar surface area (TPSA) is 55.2 Å². The SMILES string of the molecule is OCC1(CSc2ncnc3sc4c(c23)CCCC4)COC1. The summed E-state index contributed by atoms with van der Waals surface area (Å²) in [6.07, 6.45) is 6.59. The van der Waals surface area contributed by atoms with Crippen LogP contribution < -0.4 is 0 Å². The van der Waals surface area contributed by atoms with Crippen molar-refractivity contribution in [3.8, 4) is 0 Å². The first-order valence-electron chi connectivity index (χ1n) is 7.38. The van der Waals surface area contributed by atoms with Gasteiger partial charge in [0.15, 0.2) is 0 Å². The van der Waals surface area contributed by atoms with Crippen LogP contribution >= 0.6 is 23.1 Å². The molecule has 6 heteroatoms. The molecule has 1 saturated heterocycles. The average molecular weight is 322 g/mol. The lowest BCUT2D eigenvalue weighted by molar-refractivity contribution is -0.121. The number of hydrogen-bond donors (Lipinski definition) is 1. The smallest absolute Gasteiger partial charge is 0.128 e. The lowest BCUT2D eigenvalue weighted by Gasteiger charge is -2.39. The Morgan fingerprint density at radius 2 is 2.14 bits per heavy atom. The van der Waals surface area contributed by atoms with Crippen LogP contribution in [0.4, 0.5) is 0 Å². The second-order valence-corrected chi connectivity index (χ2v) is 8.06. The summed E-state index contributed by atoms with van der Waals surface area (Å²) < 4.78 is 5.28. The highest BCUT2D eigenvalue weighted by Crippen LogP contribution is 2.41. The Labute approximate surface area is 131 Å². The number of thioether (sulfide) groups is 1. The molecule has 112 valence electrons. The van der Waals surface area contributed by atoms with Crippen LogP contribution in [-0.2, 0) is 17.6 Å². The van der Waals surface area contributed by atoms with Crippen molar-refractivity contribution in [3.05, 3.63) is 16.8 Å². The molecule has 0 spiro atoms. The normalized spacial score (nSPS) is 20.2. The number of ether oxygens (including phenoxy) is 1. The Kier molecular flexibility index (Phi) is 3.65. The fraction of sp³-hybridized carbons (Fsp3) is 0.600. The summed E-state index contributed by atoms with van der Waals surface area (Å²) in [6, 6.07) is 0. The number of nitrogens with zero attached hydrogens (tertiary/aromatic N) is 2. The van der Waals surface area contributed by atoms with E-state index in [4.69, 9.17) is 4.74 Å². The Balaban J connectivity index is 1.66. The molecule has 2 aliphatic rings. The van der Waals surface area contributed by atoms with Gasteiger partial charge in [-0.3, -0.25) is 0 Å². The highest BCUT2D eigenvalue weighted by molar-refractivity contribution is 7.99. The van der Waals surface area contributed by atoms with Gasteiger partial charge in [0.25, 0.3) is 0 Å². The summed E-state index contributed by atoms with van der Waals surface area (Å²) in [6.45, 7) is 1.51. The number of fused-ring (bicyclic) bond motifs is 3. The van der Waals surface area contributed by atoms with Gasteiger partial charge < -0.3 is 9.84 Å². The van der Waals surface area contributed by atoms with E-state index in [2.05, 4.69) is 9.97 Å². The van der Waals surface area contributed by atoms with E-state index in [9.17, 15) is 5.11 Å². The largest absolute Gasteiger partial charge is 0.396 e. The molecule has 1 fully saturated rings. The highest BCUT2D eigenvalue weighted by atomic mass is 32.2. The maximum absolute atomic E-state index is 9.56. The van der Waals surface area contributed by atoms with Gasteiger partial charge in [0, 0.05) is 21.4 Å². The van der Waals surface area contributed by atoms with Crippen LogP contribution in [0.2, 0.25) is 0 Å². The molecule has 0 bridgehead atoms. The van der Waals surface area contributed by atoms with Crippen LogP contribution in [0.15, 0.2) is 11.4 Å². The Morgan fingerprint density at radius 1 is 1.29 bits per heavy atom. The Morgan fingerprint density at radius 3 is 2.90 bits per heavy atom. The number of aliphatic hydroxyl groups is 1. The lowest BCUT2D eigenvalue weighted by Crippen LogP contribution is -2.47. The molecular weight excluding hydrogens is 304 g/mol. The van der Waals surface area contributed by atoms with Crippen molar-refractivity contribution in [1.82, 2.24) is 9.97 Å². The molecule has 3 heterocycles. The molecule has 2 aromatic heterocycles. The molecule has 0 saturated carbocycles. The Hall–Kier alpha value is -0.690. The summed E-state index contributed by atoms with van der Waals surface area (Å²) in [5.41, 5.74) is 1.41. The molecule has 0 atom stereocenters. The van der Waals surface area contributed by atoms with Gasteiger partial charge in [-0.05, 0) is 31.2 Å². The summed E-state index contributed by atoms with van der Waals surface area (Å²) in [5, 5.41) is 11.9. The third-order valence-corrected chi connectivity index (χ3v) is 6.92. The van der Waals surface area contributed by atoms with E-state index in [1.807, 2.05) is 11.3 Å². The third-order valence-electron chi connectivity index (χ3n) is 4.38. The van der Waals surface area contributed by atoms with Gasteiger partial charge in [-0.25, -0.2) is 9.97 Å². The standard InChI is InChI=1S/C15H18N2O2S2/c18-5-15(6-19-7-15)8-20-13-12-10-3-1-2-4-11(10)21-14(12)17-9-16-13/h9,18H,1-8H2. The second kappa shape index (κ2) is 5.50. The van der Waals surface area contributed by atoms with Gasteiger partial charge in [0.05, 0.1) is 19.8 Å². The highest BCUT2D eigenvalue weighted by Gasteiger charge is 2.38. The molecular formula is C15H18N2O2S2. The molecule has 0 amide bonds. The van der Waals surface area contributed by atoms with E-state index in [-0.39, 0.29) is 12.0 Å². The molecule has 4 rings (SSSR count). The molecule has 0 radical (unpaired) electrons. The summed E-state index contributed by atoms with van der Waals surface area (Å²) in [5.74, 6) is 0.861. The zero-order valence-electron chi connectivity index (χ0n) is 11.8. The van der Waals surface area contributed by atoms with Gasteiger partial charge in [-0.1, -0.05) is 0 Å². The molecule has 2 aromatic rings. The van der Waals surface area contributed by atoms with E-state index in [0.717, 1.165) is 22.0 Å². The van der Waals surface area contributed by atoms with Gasteiger partial charge in [0.2, 0.25) is 0 Å². The number of hydrogen-bond acceptors (Lipinski definition) is 6. The maximum Gasteiger partial charge on any atom is 0.128 e. The fourth-order valence-corrected chi connectivity index (χ4v) is 5.48. The number of aryl methyl sites for hydroxylation is 2. The number of thiophene rings is 1. The predicted molar refractivity (Wildman–Crippen MR) is 85.1 cm³/mol. The number of rotatable bonds is 4. The first-order chi connectivity index (χ1) is 10.3. The van der Waals surface area contributed by atoms with Crippen molar-refractivity contribution >= 4 is 33.3 Å². The zero-order valence-corrected chi connectivity index (χ0v) is 13.4. The number of aromatic nitrogens is 2. The average Bonchev–Trinajstić information content (AvgIpc) is 2.86. The monoisotopic (exact) mass is 322 g/mol. The molecule has 1 N–H and O–H groups in total. The zero-order chi connectivity index (χ0) is 14.3. The predicted octanol–water partition coefficient (Wildman–Crippen LogP) is 2.67. The molecule has 0 aromatic carbocycles. The summed E-state index contributed by atoms with van der Waals surface area (Å²) in [7, 11) is 0. The second-order valence-electron chi connectivity index (χ2n) is 6.01. The molecule has 21 heavy (non-hydrogen) atoms.